The van der Waals surface area contributed by atoms with Crippen LogP contribution in [0, 0.1) is 0 Å². The van der Waals surface area contributed by atoms with Crippen LogP contribution in [0.3, 0.4) is 0 Å². The summed E-state index contributed by atoms with van der Waals surface area (Å²) in [5, 5.41) is 1.95. The fourth-order valence-corrected chi connectivity index (χ4v) is 2.35. The van der Waals surface area contributed by atoms with Gasteiger partial charge in [-0.1, -0.05) is 30.3 Å². The second-order valence-electron chi connectivity index (χ2n) is 4.41. The fourth-order valence-electron chi connectivity index (χ4n) is 2.35. The number of fused-ring (bicyclic) bond motifs is 1. The molecule has 3 rings (SSSR count). The summed E-state index contributed by atoms with van der Waals surface area (Å²) in [7, 11) is 0. The average Bonchev–Trinajstić information content (AvgIpc) is 2.83. The van der Waals surface area contributed by atoms with Crippen molar-refractivity contribution in [2.45, 2.75) is 12.1 Å². The average molecular weight is 245 g/mol. The molecule has 18 heavy (non-hydrogen) atoms. The van der Waals surface area contributed by atoms with E-state index in [-0.39, 0.29) is 12.0 Å². The predicted molar refractivity (Wildman–Crippen MR) is 66.0 cm³/mol. The molecule has 5 nitrogen and oxygen atoms in total. The smallest absolute Gasteiger partial charge is 0.240 e. The predicted octanol–water partition coefficient (Wildman–Crippen LogP) is 0.316. The molecule has 0 aliphatic carbocycles. The number of ether oxygens (including phenoxy) is 1. The Kier molecular flexibility index (Phi) is 2.77. The van der Waals surface area contributed by atoms with E-state index >= 15 is 0 Å². The minimum Gasteiger partial charge on any atom is -0.368 e. The number of nitrogens with one attached hydrogen (secondary N) is 1. The Morgan fingerprint density at radius 1 is 1.39 bits per heavy atom. The lowest BCUT2D eigenvalue weighted by atomic mass is 10.0. The molecule has 1 amide bonds. The standard InChI is InChI=1S/C13H15N3O2/c14-13(17)10-8-11-12(9-4-2-1-3-5-9)18-7-6-16(11)15-10/h1-5,8,10,12,15H,6-7H2,(H2,14,17). The van der Waals surface area contributed by atoms with Gasteiger partial charge in [-0.15, -0.1) is 0 Å². The van der Waals surface area contributed by atoms with Crippen LogP contribution < -0.4 is 11.2 Å². The molecule has 3 N–H and O–H groups in total. The highest BCUT2D eigenvalue weighted by atomic mass is 16.5. The summed E-state index contributed by atoms with van der Waals surface area (Å²) >= 11 is 0. The van der Waals surface area contributed by atoms with Gasteiger partial charge in [0.2, 0.25) is 5.91 Å². The van der Waals surface area contributed by atoms with Gasteiger partial charge in [0, 0.05) is 0 Å². The van der Waals surface area contributed by atoms with E-state index in [1.165, 1.54) is 0 Å². The molecular formula is C13H15N3O2. The summed E-state index contributed by atoms with van der Waals surface area (Å²) in [6.45, 7) is 1.34. The Labute approximate surface area is 105 Å². The molecule has 94 valence electrons. The van der Waals surface area contributed by atoms with Crippen LogP contribution in [0.4, 0.5) is 0 Å². The Bertz CT molecular complexity index is 486. The zero-order chi connectivity index (χ0) is 12.5. The van der Waals surface area contributed by atoms with Crippen LogP contribution in [-0.2, 0) is 9.53 Å². The normalized spacial score (nSPS) is 26.7. The number of hydrogen-bond acceptors (Lipinski definition) is 4. The van der Waals surface area contributed by atoms with Crippen molar-refractivity contribution in [1.82, 2.24) is 10.4 Å². The molecule has 0 bridgehead atoms. The van der Waals surface area contributed by atoms with Gasteiger partial charge in [-0.3, -0.25) is 4.79 Å². The molecule has 1 saturated heterocycles. The van der Waals surface area contributed by atoms with E-state index in [4.69, 9.17) is 10.5 Å². The molecule has 0 saturated carbocycles. The quantitative estimate of drug-likeness (QED) is 0.787. The summed E-state index contributed by atoms with van der Waals surface area (Å²) < 4.78 is 5.80. The lowest BCUT2D eigenvalue weighted by Gasteiger charge is -2.34. The van der Waals surface area contributed by atoms with Crippen LogP contribution in [-0.4, -0.2) is 30.1 Å². The van der Waals surface area contributed by atoms with E-state index in [2.05, 4.69) is 5.43 Å². The van der Waals surface area contributed by atoms with Gasteiger partial charge in [0.05, 0.1) is 18.8 Å². The largest absolute Gasteiger partial charge is 0.368 e. The minimum atomic E-state index is -0.437. The number of morpholine rings is 1. The number of carbonyl (C=O) groups is 1. The molecule has 1 aromatic rings. The van der Waals surface area contributed by atoms with E-state index in [1.54, 1.807) is 0 Å². The van der Waals surface area contributed by atoms with Crippen molar-refractivity contribution in [3.63, 3.8) is 0 Å². The summed E-state index contributed by atoms with van der Waals surface area (Å²) in [4.78, 5) is 11.2. The van der Waals surface area contributed by atoms with Crippen molar-refractivity contribution in [2.75, 3.05) is 13.2 Å². The summed E-state index contributed by atoms with van der Waals surface area (Å²) in [6, 6.07) is 9.53. The zero-order valence-electron chi connectivity index (χ0n) is 9.87. The number of rotatable bonds is 2. The number of hydrazine groups is 1. The molecule has 2 aliphatic heterocycles. The summed E-state index contributed by atoms with van der Waals surface area (Å²) in [5.74, 6) is -0.372. The monoisotopic (exact) mass is 245 g/mol. The third-order valence-corrected chi connectivity index (χ3v) is 3.22. The van der Waals surface area contributed by atoms with Crippen LogP contribution in [0.15, 0.2) is 42.1 Å². The van der Waals surface area contributed by atoms with Crippen LogP contribution in [0.1, 0.15) is 11.7 Å². The van der Waals surface area contributed by atoms with Gasteiger partial charge in [-0.25, -0.2) is 5.43 Å². The Balaban J connectivity index is 1.91. The second-order valence-corrected chi connectivity index (χ2v) is 4.41. The minimum absolute atomic E-state index is 0.128. The number of benzene rings is 1. The number of primary amides is 1. The fraction of sp³-hybridized carbons (Fsp3) is 0.308. The number of hydrogen-bond donors (Lipinski definition) is 2. The first-order chi connectivity index (χ1) is 8.75. The molecule has 2 unspecified atom stereocenters. The van der Waals surface area contributed by atoms with Crippen LogP contribution >= 0.6 is 0 Å². The van der Waals surface area contributed by atoms with Crippen LogP contribution in [0.5, 0.6) is 0 Å². The summed E-state index contributed by atoms with van der Waals surface area (Å²) in [6.07, 6.45) is 1.72. The van der Waals surface area contributed by atoms with Gasteiger partial charge in [-0.2, -0.15) is 0 Å². The molecule has 1 fully saturated rings. The third-order valence-electron chi connectivity index (χ3n) is 3.22. The zero-order valence-corrected chi connectivity index (χ0v) is 9.87. The maximum absolute atomic E-state index is 11.2. The van der Waals surface area contributed by atoms with Crippen molar-refractivity contribution in [2.24, 2.45) is 5.73 Å². The Hall–Kier alpha value is -1.85. The first-order valence-electron chi connectivity index (χ1n) is 5.97. The molecule has 5 heteroatoms. The number of nitrogens with two attached hydrogens (primary N) is 1. The van der Waals surface area contributed by atoms with Crippen LogP contribution in [0.25, 0.3) is 0 Å². The van der Waals surface area contributed by atoms with E-state index in [0.29, 0.717) is 6.61 Å². The molecule has 0 radical (unpaired) electrons. The Morgan fingerprint density at radius 2 is 2.17 bits per heavy atom. The molecule has 0 spiro atoms. The van der Waals surface area contributed by atoms with Gasteiger partial charge in [0.25, 0.3) is 0 Å². The van der Waals surface area contributed by atoms with Crippen molar-refractivity contribution >= 4 is 5.91 Å². The molecule has 2 heterocycles. The lowest BCUT2D eigenvalue weighted by molar-refractivity contribution is -0.119. The van der Waals surface area contributed by atoms with E-state index < -0.39 is 6.04 Å². The van der Waals surface area contributed by atoms with E-state index in [0.717, 1.165) is 17.8 Å². The van der Waals surface area contributed by atoms with Gasteiger partial charge >= 0.3 is 0 Å². The number of amides is 1. The van der Waals surface area contributed by atoms with Gasteiger partial charge in [0.1, 0.15) is 12.1 Å². The maximum atomic E-state index is 11.2. The van der Waals surface area contributed by atoms with Crippen molar-refractivity contribution in [1.29, 1.82) is 0 Å². The van der Waals surface area contributed by atoms with Crippen molar-refractivity contribution in [3.8, 4) is 0 Å². The van der Waals surface area contributed by atoms with Crippen molar-refractivity contribution in [3.05, 3.63) is 47.7 Å². The van der Waals surface area contributed by atoms with E-state index in [1.807, 2.05) is 41.4 Å². The maximum Gasteiger partial charge on any atom is 0.240 e. The third kappa shape index (κ3) is 1.87. The first kappa shape index (κ1) is 11.3. The summed E-state index contributed by atoms with van der Waals surface area (Å²) in [5.41, 5.74) is 10.5. The van der Waals surface area contributed by atoms with Crippen LogP contribution in [0.2, 0.25) is 0 Å². The van der Waals surface area contributed by atoms with Crippen molar-refractivity contribution < 1.29 is 9.53 Å². The number of carbonyl (C=O) groups excluding carboxylic acids is 1. The topological polar surface area (TPSA) is 67.6 Å². The molecule has 2 atom stereocenters. The molecule has 0 aromatic heterocycles. The van der Waals surface area contributed by atoms with Gasteiger partial charge in [0.15, 0.2) is 0 Å². The first-order valence-corrected chi connectivity index (χ1v) is 5.97. The highest BCUT2D eigenvalue weighted by molar-refractivity contribution is 5.82. The van der Waals surface area contributed by atoms with Gasteiger partial charge < -0.3 is 15.5 Å². The van der Waals surface area contributed by atoms with E-state index in [9.17, 15) is 4.79 Å². The molecule has 2 aliphatic rings. The lowest BCUT2D eigenvalue weighted by Crippen LogP contribution is -2.47. The highest BCUT2D eigenvalue weighted by Crippen LogP contribution is 2.33. The molecular weight excluding hydrogens is 230 g/mol. The number of nitrogens with zero attached hydrogens (tertiary/aromatic N) is 1. The highest BCUT2D eigenvalue weighted by Gasteiger charge is 2.34. The second kappa shape index (κ2) is 4.44. The SMILES string of the molecule is NC(=O)C1C=C2C(c3ccccc3)OCCN2N1. The van der Waals surface area contributed by atoms with Gasteiger partial charge in [-0.05, 0) is 11.6 Å². The Morgan fingerprint density at radius 3 is 2.89 bits per heavy atom. The molecule has 1 aromatic carbocycles.